The first-order valence-electron chi connectivity index (χ1n) is 9.58. The van der Waals surface area contributed by atoms with Crippen molar-refractivity contribution in [3.63, 3.8) is 0 Å². The van der Waals surface area contributed by atoms with Crippen molar-refractivity contribution in [2.75, 3.05) is 6.54 Å². The van der Waals surface area contributed by atoms with Gasteiger partial charge in [0.2, 0.25) is 5.91 Å². The Morgan fingerprint density at radius 2 is 1.67 bits per heavy atom. The summed E-state index contributed by atoms with van der Waals surface area (Å²) in [5.41, 5.74) is 13.5. The van der Waals surface area contributed by atoms with Crippen LogP contribution in [0, 0.1) is 0 Å². The van der Waals surface area contributed by atoms with E-state index in [0.717, 1.165) is 24.1 Å². The van der Waals surface area contributed by atoms with E-state index in [1.54, 1.807) is 0 Å². The topological polar surface area (TPSA) is 92.6 Å². The molecule has 1 heterocycles. The molecule has 0 saturated carbocycles. The van der Waals surface area contributed by atoms with Crippen molar-refractivity contribution >= 4 is 5.91 Å². The molecule has 1 amide bonds. The van der Waals surface area contributed by atoms with Gasteiger partial charge in [0.15, 0.2) is 0 Å². The fourth-order valence-electron chi connectivity index (χ4n) is 4.10. The third-order valence-corrected chi connectivity index (χ3v) is 5.65. The van der Waals surface area contributed by atoms with Gasteiger partial charge in [0, 0.05) is 19.0 Å². The third-order valence-electron chi connectivity index (χ3n) is 5.65. The first-order chi connectivity index (χ1) is 13.0. The standard InChI is InChI=1S/C22H29N3O2/c23-19(14-17-8-3-1-4-9-17)20(26)15-22(21(24)27)12-7-13-25(22)16-18-10-5-2-6-11-18/h1-6,8-11,19-20,26H,7,12-16,23H2,(H2,24,27)/t19-,20+,22+/m0/s1. The number of amides is 1. The normalized spacial score (nSPS) is 22.4. The van der Waals surface area contributed by atoms with Gasteiger partial charge < -0.3 is 16.6 Å². The van der Waals surface area contributed by atoms with Crippen molar-refractivity contribution in [3.05, 3.63) is 71.8 Å². The van der Waals surface area contributed by atoms with Crippen LogP contribution in [0.15, 0.2) is 60.7 Å². The van der Waals surface area contributed by atoms with Crippen LogP contribution in [0.2, 0.25) is 0 Å². The third kappa shape index (κ3) is 4.56. The molecule has 0 unspecified atom stereocenters. The highest BCUT2D eigenvalue weighted by Gasteiger charge is 2.47. The molecule has 3 rings (SSSR count). The summed E-state index contributed by atoms with van der Waals surface area (Å²) in [6.45, 7) is 1.43. The van der Waals surface area contributed by atoms with Gasteiger partial charge in [0.25, 0.3) is 0 Å². The molecule has 5 heteroatoms. The minimum absolute atomic E-state index is 0.267. The summed E-state index contributed by atoms with van der Waals surface area (Å²) in [6.07, 6.45) is 1.58. The largest absolute Gasteiger partial charge is 0.391 e. The molecule has 1 fully saturated rings. The van der Waals surface area contributed by atoms with Crippen LogP contribution in [0.1, 0.15) is 30.4 Å². The van der Waals surface area contributed by atoms with Crippen molar-refractivity contribution in [3.8, 4) is 0 Å². The molecule has 0 spiro atoms. The zero-order chi connectivity index (χ0) is 19.3. The zero-order valence-electron chi connectivity index (χ0n) is 15.6. The van der Waals surface area contributed by atoms with Gasteiger partial charge in [0.1, 0.15) is 5.54 Å². The number of aliphatic hydroxyl groups excluding tert-OH is 1. The molecule has 0 aliphatic carbocycles. The lowest BCUT2D eigenvalue weighted by molar-refractivity contribution is -0.131. The lowest BCUT2D eigenvalue weighted by Crippen LogP contribution is -2.57. The Morgan fingerprint density at radius 3 is 2.26 bits per heavy atom. The molecule has 1 aliphatic rings. The van der Waals surface area contributed by atoms with E-state index < -0.39 is 17.7 Å². The van der Waals surface area contributed by atoms with Crippen molar-refractivity contribution in [1.29, 1.82) is 0 Å². The molecular weight excluding hydrogens is 338 g/mol. The van der Waals surface area contributed by atoms with Gasteiger partial charge in [-0.15, -0.1) is 0 Å². The van der Waals surface area contributed by atoms with Gasteiger partial charge >= 0.3 is 0 Å². The fraction of sp³-hybridized carbons (Fsp3) is 0.409. The maximum atomic E-state index is 12.5. The van der Waals surface area contributed by atoms with E-state index in [1.165, 1.54) is 0 Å². The van der Waals surface area contributed by atoms with Gasteiger partial charge in [0.05, 0.1) is 6.10 Å². The number of hydrogen-bond donors (Lipinski definition) is 3. The smallest absolute Gasteiger partial charge is 0.238 e. The molecule has 2 aromatic rings. The van der Waals surface area contributed by atoms with E-state index in [9.17, 15) is 9.90 Å². The van der Waals surface area contributed by atoms with Crippen LogP contribution in [0.25, 0.3) is 0 Å². The van der Waals surface area contributed by atoms with Crippen molar-refractivity contribution in [2.45, 2.75) is 49.9 Å². The highest BCUT2D eigenvalue weighted by atomic mass is 16.3. The maximum absolute atomic E-state index is 12.5. The van der Waals surface area contributed by atoms with Gasteiger partial charge in [-0.25, -0.2) is 0 Å². The number of carbonyl (C=O) groups excluding carboxylic acids is 1. The number of carbonyl (C=O) groups is 1. The van der Waals surface area contributed by atoms with Crippen molar-refractivity contribution in [1.82, 2.24) is 4.90 Å². The SMILES string of the molecule is NC(=O)[C@]1(C[C@@H](O)[C@@H](N)Cc2ccccc2)CCCN1Cc1ccccc1. The Kier molecular flexibility index (Phi) is 6.26. The van der Waals surface area contributed by atoms with Gasteiger partial charge in [-0.3, -0.25) is 9.69 Å². The maximum Gasteiger partial charge on any atom is 0.238 e. The molecule has 3 atom stereocenters. The van der Waals surface area contributed by atoms with Crippen LogP contribution in [-0.4, -0.2) is 40.1 Å². The molecule has 0 radical (unpaired) electrons. The van der Waals surface area contributed by atoms with Crippen LogP contribution in [0.5, 0.6) is 0 Å². The molecule has 1 aliphatic heterocycles. The Hall–Kier alpha value is -2.21. The minimum atomic E-state index is -0.844. The summed E-state index contributed by atoms with van der Waals surface area (Å²) in [6, 6.07) is 19.4. The number of primary amides is 1. The summed E-state index contributed by atoms with van der Waals surface area (Å²) >= 11 is 0. The first-order valence-corrected chi connectivity index (χ1v) is 9.58. The molecule has 144 valence electrons. The highest BCUT2D eigenvalue weighted by molar-refractivity contribution is 5.85. The molecule has 0 bridgehead atoms. The van der Waals surface area contributed by atoms with Crippen molar-refractivity contribution < 1.29 is 9.90 Å². The zero-order valence-corrected chi connectivity index (χ0v) is 15.6. The Balaban J connectivity index is 1.72. The van der Waals surface area contributed by atoms with E-state index in [2.05, 4.69) is 4.90 Å². The molecule has 1 saturated heterocycles. The summed E-state index contributed by atoms with van der Waals surface area (Å²) in [4.78, 5) is 14.6. The highest BCUT2D eigenvalue weighted by Crippen LogP contribution is 2.35. The molecule has 0 aromatic heterocycles. The van der Waals surface area contributed by atoms with E-state index in [1.807, 2.05) is 60.7 Å². The lowest BCUT2D eigenvalue weighted by atomic mass is 9.85. The fourth-order valence-corrected chi connectivity index (χ4v) is 4.10. The number of nitrogens with zero attached hydrogens (tertiary/aromatic N) is 1. The molecular formula is C22H29N3O2. The first kappa shape index (κ1) is 19.5. The average molecular weight is 367 g/mol. The second-order valence-electron chi connectivity index (χ2n) is 7.53. The minimum Gasteiger partial charge on any atom is -0.391 e. The summed E-state index contributed by atoms with van der Waals surface area (Å²) in [7, 11) is 0. The number of rotatable bonds is 8. The second kappa shape index (κ2) is 8.65. The summed E-state index contributed by atoms with van der Waals surface area (Å²) < 4.78 is 0. The van der Waals surface area contributed by atoms with Crippen LogP contribution in [0.3, 0.4) is 0 Å². The van der Waals surface area contributed by atoms with E-state index in [-0.39, 0.29) is 12.3 Å². The van der Waals surface area contributed by atoms with E-state index in [4.69, 9.17) is 11.5 Å². The Bertz CT molecular complexity index is 738. The number of aliphatic hydroxyl groups is 1. The summed E-state index contributed by atoms with van der Waals surface area (Å²) in [5, 5.41) is 10.8. The Morgan fingerprint density at radius 1 is 1.07 bits per heavy atom. The number of hydrogen-bond acceptors (Lipinski definition) is 4. The number of likely N-dealkylation sites (tertiary alicyclic amines) is 1. The Labute approximate surface area is 161 Å². The van der Waals surface area contributed by atoms with Crippen molar-refractivity contribution in [2.24, 2.45) is 11.5 Å². The number of benzene rings is 2. The average Bonchev–Trinajstić information content (AvgIpc) is 3.07. The van der Waals surface area contributed by atoms with Crippen LogP contribution < -0.4 is 11.5 Å². The number of nitrogens with two attached hydrogens (primary N) is 2. The van der Waals surface area contributed by atoms with Gasteiger partial charge in [-0.2, -0.15) is 0 Å². The molecule has 5 N–H and O–H groups in total. The van der Waals surface area contributed by atoms with Crippen LogP contribution in [-0.2, 0) is 17.8 Å². The quantitative estimate of drug-likeness (QED) is 0.664. The lowest BCUT2D eigenvalue weighted by Gasteiger charge is -2.38. The van der Waals surface area contributed by atoms with Gasteiger partial charge in [-0.1, -0.05) is 60.7 Å². The molecule has 2 aromatic carbocycles. The predicted molar refractivity (Wildman–Crippen MR) is 107 cm³/mol. The monoisotopic (exact) mass is 367 g/mol. The predicted octanol–water partition coefficient (Wildman–Crippen LogP) is 1.83. The molecule has 27 heavy (non-hydrogen) atoms. The second-order valence-corrected chi connectivity index (χ2v) is 7.53. The van der Waals surface area contributed by atoms with Gasteiger partial charge in [-0.05, 0) is 36.9 Å². The molecule has 5 nitrogen and oxygen atoms in total. The van der Waals surface area contributed by atoms with Crippen LogP contribution >= 0.6 is 0 Å². The van der Waals surface area contributed by atoms with Crippen LogP contribution in [0.4, 0.5) is 0 Å². The van der Waals surface area contributed by atoms with E-state index in [0.29, 0.717) is 19.4 Å². The van der Waals surface area contributed by atoms with E-state index >= 15 is 0 Å². The summed E-state index contributed by atoms with van der Waals surface area (Å²) in [5.74, 6) is -0.373.